The van der Waals surface area contributed by atoms with Crippen LogP contribution in [0.3, 0.4) is 0 Å². The van der Waals surface area contributed by atoms with E-state index in [2.05, 4.69) is 53.8 Å². The molecule has 0 saturated carbocycles. The summed E-state index contributed by atoms with van der Waals surface area (Å²) in [6.45, 7) is 2.27. The highest BCUT2D eigenvalue weighted by Gasteiger charge is 2.05. The van der Waals surface area contributed by atoms with Crippen molar-refractivity contribution < 1.29 is 5.11 Å². The van der Waals surface area contributed by atoms with Gasteiger partial charge in [0.15, 0.2) is 0 Å². The first-order valence-corrected chi connectivity index (χ1v) is 9.72. The zero-order valence-electron chi connectivity index (χ0n) is 13.5. The van der Waals surface area contributed by atoms with Crippen LogP contribution in [0.15, 0.2) is 24.3 Å². The maximum Gasteiger partial charge on any atom is 0.0580 e. The van der Waals surface area contributed by atoms with E-state index in [1.807, 2.05) is 0 Å². The zero-order chi connectivity index (χ0) is 15.3. The summed E-state index contributed by atoms with van der Waals surface area (Å²) < 4.78 is 1.25. The lowest BCUT2D eigenvalue weighted by Crippen LogP contribution is -2.10. The van der Waals surface area contributed by atoms with Gasteiger partial charge in [-0.25, -0.2) is 0 Å². The standard InChI is InChI=1S/C19H31IO/c1-2-3-4-5-6-7-8-9-10-11-19(21)16-17-12-14-18(20)15-13-17/h12-15,19,21H,2-11,16H2,1H3. The van der Waals surface area contributed by atoms with Gasteiger partial charge in [0.25, 0.3) is 0 Å². The Bertz CT molecular complexity index is 347. The van der Waals surface area contributed by atoms with E-state index in [0.717, 1.165) is 12.8 Å². The van der Waals surface area contributed by atoms with Crippen molar-refractivity contribution in [3.05, 3.63) is 33.4 Å². The molecule has 0 heterocycles. The first kappa shape index (κ1) is 19.0. The zero-order valence-corrected chi connectivity index (χ0v) is 15.6. The fourth-order valence-electron chi connectivity index (χ4n) is 2.69. The minimum Gasteiger partial charge on any atom is -0.393 e. The maximum absolute atomic E-state index is 10.1. The lowest BCUT2D eigenvalue weighted by atomic mass is 10.0. The number of rotatable bonds is 12. The molecule has 1 atom stereocenters. The molecule has 0 spiro atoms. The third-order valence-corrected chi connectivity index (χ3v) is 4.74. The fourth-order valence-corrected chi connectivity index (χ4v) is 3.04. The van der Waals surface area contributed by atoms with Gasteiger partial charge in [-0.15, -0.1) is 0 Å². The number of unbranched alkanes of at least 4 members (excludes halogenated alkanes) is 8. The molecule has 0 aromatic heterocycles. The highest BCUT2D eigenvalue weighted by molar-refractivity contribution is 14.1. The van der Waals surface area contributed by atoms with E-state index < -0.39 is 0 Å². The lowest BCUT2D eigenvalue weighted by Gasteiger charge is -2.10. The summed E-state index contributed by atoms with van der Waals surface area (Å²) in [7, 11) is 0. The molecule has 0 aliphatic heterocycles. The highest BCUT2D eigenvalue weighted by Crippen LogP contribution is 2.14. The summed E-state index contributed by atoms with van der Waals surface area (Å²) in [6, 6.07) is 8.48. The van der Waals surface area contributed by atoms with Gasteiger partial charge in [0.1, 0.15) is 0 Å². The number of benzene rings is 1. The van der Waals surface area contributed by atoms with Crippen molar-refractivity contribution in [3.8, 4) is 0 Å². The molecule has 0 bridgehead atoms. The van der Waals surface area contributed by atoms with Crippen molar-refractivity contribution in [3.63, 3.8) is 0 Å². The first-order chi connectivity index (χ1) is 10.2. The molecule has 1 unspecified atom stereocenters. The molecule has 0 radical (unpaired) electrons. The van der Waals surface area contributed by atoms with Crippen molar-refractivity contribution in [2.75, 3.05) is 0 Å². The second-order valence-corrected chi connectivity index (χ2v) is 7.35. The molecule has 0 amide bonds. The van der Waals surface area contributed by atoms with Crippen molar-refractivity contribution >= 4 is 22.6 Å². The minimum absolute atomic E-state index is 0.172. The second kappa shape index (κ2) is 12.5. The molecule has 120 valence electrons. The monoisotopic (exact) mass is 402 g/mol. The van der Waals surface area contributed by atoms with Crippen molar-refractivity contribution in [1.29, 1.82) is 0 Å². The van der Waals surface area contributed by atoms with E-state index in [1.165, 1.54) is 66.9 Å². The molecular weight excluding hydrogens is 371 g/mol. The van der Waals surface area contributed by atoms with E-state index in [9.17, 15) is 5.11 Å². The third-order valence-electron chi connectivity index (χ3n) is 4.03. The third kappa shape index (κ3) is 10.3. The summed E-state index contributed by atoms with van der Waals surface area (Å²) in [6.07, 6.45) is 13.7. The molecule has 0 aliphatic rings. The molecular formula is C19H31IO. The Morgan fingerprint density at radius 3 is 1.95 bits per heavy atom. The molecule has 21 heavy (non-hydrogen) atoms. The summed E-state index contributed by atoms with van der Waals surface area (Å²) >= 11 is 2.31. The predicted octanol–water partition coefficient (Wildman–Crippen LogP) is 6.12. The lowest BCUT2D eigenvalue weighted by molar-refractivity contribution is 0.161. The summed E-state index contributed by atoms with van der Waals surface area (Å²) in [4.78, 5) is 0. The van der Waals surface area contributed by atoms with Crippen LogP contribution in [0.5, 0.6) is 0 Å². The Balaban J connectivity index is 1.96. The van der Waals surface area contributed by atoms with Crippen molar-refractivity contribution in [2.24, 2.45) is 0 Å². The SMILES string of the molecule is CCCCCCCCCCCC(O)Cc1ccc(I)cc1. The van der Waals surface area contributed by atoms with Gasteiger partial charge in [0.05, 0.1) is 6.10 Å². The van der Waals surface area contributed by atoms with Crippen LogP contribution in [0.1, 0.15) is 76.7 Å². The van der Waals surface area contributed by atoms with E-state index in [1.54, 1.807) is 0 Å². The van der Waals surface area contributed by atoms with Gasteiger partial charge in [-0.05, 0) is 53.1 Å². The van der Waals surface area contributed by atoms with Crippen LogP contribution in [-0.2, 0) is 6.42 Å². The topological polar surface area (TPSA) is 20.2 Å². The predicted molar refractivity (Wildman–Crippen MR) is 101 cm³/mol. The Morgan fingerprint density at radius 2 is 1.38 bits per heavy atom. The van der Waals surface area contributed by atoms with E-state index in [-0.39, 0.29) is 6.10 Å². The Morgan fingerprint density at radius 1 is 0.857 bits per heavy atom. The van der Waals surface area contributed by atoms with Crippen LogP contribution >= 0.6 is 22.6 Å². The second-order valence-electron chi connectivity index (χ2n) is 6.10. The van der Waals surface area contributed by atoms with Crippen LogP contribution < -0.4 is 0 Å². The Kier molecular flexibility index (Phi) is 11.2. The highest BCUT2D eigenvalue weighted by atomic mass is 127. The van der Waals surface area contributed by atoms with E-state index in [0.29, 0.717) is 0 Å². The van der Waals surface area contributed by atoms with Gasteiger partial charge in [-0.3, -0.25) is 0 Å². The summed E-state index contributed by atoms with van der Waals surface area (Å²) in [5.74, 6) is 0. The molecule has 1 aromatic rings. The van der Waals surface area contributed by atoms with Crippen molar-refractivity contribution in [2.45, 2.75) is 83.7 Å². The quantitative estimate of drug-likeness (QED) is 0.330. The molecule has 1 N–H and O–H groups in total. The average molecular weight is 402 g/mol. The van der Waals surface area contributed by atoms with Gasteiger partial charge in [0, 0.05) is 3.57 Å². The fraction of sp³-hybridized carbons (Fsp3) is 0.684. The van der Waals surface area contributed by atoms with E-state index in [4.69, 9.17) is 0 Å². The van der Waals surface area contributed by atoms with Gasteiger partial charge in [-0.2, -0.15) is 0 Å². The number of hydrogen-bond acceptors (Lipinski definition) is 1. The van der Waals surface area contributed by atoms with Gasteiger partial charge >= 0.3 is 0 Å². The molecule has 1 nitrogen and oxygen atoms in total. The van der Waals surface area contributed by atoms with Crippen LogP contribution in [-0.4, -0.2) is 11.2 Å². The largest absolute Gasteiger partial charge is 0.393 e. The number of halogens is 1. The van der Waals surface area contributed by atoms with Crippen LogP contribution in [0.2, 0.25) is 0 Å². The van der Waals surface area contributed by atoms with Crippen LogP contribution in [0, 0.1) is 3.57 Å². The average Bonchev–Trinajstić information content (AvgIpc) is 2.48. The van der Waals surface area contributed by atoms with Crippen LogP contribution in [0.25, 0.3) is 0 Å². The Labute approximate surface area is 144 Å². The van der Waals surface area contributed by atoms with Gasteiger partial charge in [-0.1, -0.05) is 76.8 Å². The molecule has 1 rings (SSSR count). The maximum atomic E-state index is 10.1. The number of hydrogen-bond donors (Lipinski definition) is 1. The summed E-state index contributed by atoms with van der Waals surface area (Å²) in [5.41, 5.74) is 1.25. The smallest absolute Gasteiger partial charge is 0.0580 e. The van der Waals surface area contributed by atoms with Gasteiger partial charge in [0.2, 0.25) is 0 Å². The summed E-state index contributed by atoms with van der Waals surface area (Å²) in [5, 5.41) is 10.1. The van der Waals surface area contributed by atoms with Crippen LogP contribution in [0.4, 0.5) is 0 Å². The molecule has 1 aromatic carbocycles. The minimum atomic E-state index is -0.172. The normalized spacial score (nSPS) is 12.5. The van der Waals surface area contributed by atoms with Gasteiger partial charge < -0.3 is 5.11 Å². The molecule has 0 aliphatic carbocycles. The molecule has 0 fully saturated rings. The number of aliphatic hydroxyl groups is 1. The first-order valence-electron chi connectivity index (χ1n) is 8.65. The Hall–Kier alpha value is -0.0900. The molecule has 0 saturated heterocycles. The van der Waals surface area contributed by atoms with Crippen molar-refractivity contribution in [1.82, 2.24) is 0 Å². The number of aliphatic hydroxyl groups excluding tert-OH is 1. The van der Waals surface area contributed by atoms with E-state index >= 15 is 0 Å². The molecule has 2 heteroatoms.